The lowest BCUT2D eigenvalue weighted by molar-refractivity contribution is 0.102. The first-order valence-electron chi connectivity index (χ1n) is 5.13. The summed E-state index contributed by atoms with van der Waals surface area (Å²) < 4.78 is 0. The van der Waals surface area contributed by atoms with E-state index in [4.69, 9.17) is 23.2 Å². The van der Waals surface area contributed by atoms with Gasteiger partial charge in [0.1, 0.15) is 0 Å². The Morgan fingerprint density at radius 2 is 1.94 bits per heavy atom. The number of amides is 1. The molecule has 0 aliphatic heterocycles. The van der Waals surface area contributed by atoms with Crippen molar-refractivity contribution in [2.24, 2.45) is 0 Å². The van der Waals surface area contributed by atoms with Crippen LogP contribution < -0.4 is 5.32 Å². The number of nitrogens with zero attached hydrogens (tertiary/aromatic N) is 2. The molecule has 1 N–H and O–H groups in total. The van der Waals surface area contributed by atoms with Crippen molar-refractivity contribution in [1.82, 2.24) is 10.2 Å². The van der Waals surface area contributed by atoms with Crippen molar-refractivity contribution in [1.29, 1.82) is 0 Å². The lowest BCUT2D eigenvalue weighted by Crippen LogP contribution is -2.13. The smallest absolute Gasteiger partial charge is 0.256 e. The molecule has 0 aliphatic carbocycles. The van der Waals surface area contributed by atoms with Crippen molar-refractivity contribution in [2.75, 3.05) is 5.32 Å². The molecule has 0 saturated carbocycles. The SMILES string of the molecule is Cc1cc(C(=O)Nc2ccc(Cl)nn2)ccc1Cl. The van der Waals surface area contributed by atoms with Crippen LogP contribution in [0, 0.1) is 6.92 Å². The van der Waals surface area contributed by atoms with Crippen molar-refractivity contribution in [2.45, 2.75) is 6.92 Å². The topological polar surface area (TPSA) is 54.9 Å². The van der Waals surface area contributed by atoms with Gasteiger partial charge in [-0.25, -0.2) is 0 Å². The first-order valence-corrected chi connectivity index (χ1v) is 5.88. The predicted molar refractivity (Wildman–Crippen MR) is 71.2 cm³/mol. The van der Waals surface area contributed by atoms with E-state index in [1.807, 2.05) is 6.92 Å². The highest BCUT2D eigenvalue weighted by atomic mass is 35.5. The second-order valence-corrected chi connectivity index (χ2v) is 4.45. The molecule has 0 aliphatic rings. The van der Waals surface area contributed by atoms with Gasteiger partial charge < -0.3 is 5.32 Å². The van der Waals surface area contributed by atoms with Crippen LogP contribution >= 0.6 is 23.2 Å². The third kappa shape index (κ3) is 2.97. The maximum atomic E-state index is 11.9. The summed E-state index contributed by atoms with van der Waals surface area (Å²) in [5.41, 5.74) is 1.35. The van der Waals surface area contributed by atoms with Crippen molar-refractivity contribution in [3.05, 3.63) is 51.6 Å². The molecule has 4 nitrogen and oxygen atoms in total. The maximum absolute atomic E-state index is 11.9. The van der Waals surface area contributed by atoms with E-state index in [2.05, 4.69) is 15.5 Å². The molecule has 0 unspecified atom stereocenters. The number of anilines is 1. The molecule has 0 saturated heterocycles. The second-order valence-electron chi connectivity index (χ2n) is 3.66. The van der Waals surface area contributed by atoms with E-state index in [1.54, 1.807) is 30.3 Å². The van der Waals surface area contributed by atoms with Gasteiger partial charge in [-0.2, -0.15) is 0 Å². The van der Waals surface area contributed by atoms with Crippen molar-refractivity contribution >= 4 is 34.9 Å². The Balaban J connectivity index is 2.16. The van der Waals surface area contributed by atoms with Crippen LogP contribution in [0.15, 0.2) is 30.3 Å². The molecule has 0 atom stereocenters. The number of aromatic nitrogens is 2. The van der Waals surface area contributed by atoms with Crippen LogP contribution in [0.3, 0.4) is 0 Å². The Bertz CT molecular complexity index is 584. The number of rotatable bonds is 2. The minimum Gasteiger partial charge on any atom is -0.305 e. The van der Waals surface area contributed by atoms with Gasteiger partial charge in [0.25, 0.3) is 5.91 Å². The largest absolute Gasteiger partial charge is 0.305 e. The fourth-order valence-corrected chi connectivity index (χ4v) is 1.58. The zero-order valence-corrected chi connectivity index (χ0v) is 11.0. The molecule has 0 bridgehead atoms. The standard InChI is InChI=1S/C12H9Cl2N3O/c1-7-6-8(2-3-9(7)13)12(18)15-11-5-4-10(14)16-17-11/h2-6H,1H3,(H,15,17,18). The van der Waals surface area contributed by atoms with Crippen molar-refractivity contribution < 1.29 is 4.79 Å². The summed E-state index contributed by atoms with van der Waals surface area (Å²) in [4.78, 5) is 11.9. The van der Waals surface area contributed by atoms with Gasteiger partial charge in [-0.05, 0) is 42.8 Å². The highest BCUT2D eigenvalue weighted by molar-refractivity contribution is 6.31. The van der Waals surface area contributed by atoms with Crippen LogP contribution in [0.2, 0.25) is 10.2 Å². The number of carbonyl (C=O) groups excluding carboxylic acids is 1. The fraction of sp³-hybridized carbons (Fsp3) is 0.0833. The number of halogens is 2. The molecule has 1 amide bonds. The number of aryl methyl sites for hydroxylation is 1. The summed E-state index contributed by atoms with van der Waals surface area (Å²) in [6.45, 7) is 1.83. The van der Waals surface area contributed by atoms with E-state index in [0.717, 1.165) is 5.56 Å². The minimum atomic E-state index is -0.272. The molecule has 1 aromatic carbocycles. The monoisotopic (exact) mass is 281 g/mol. The summed E-state index contributed by atoms with van der Waals surface area (Å²) >= 11 is 11.5. The molecule has 92 valence electrons. The van der Waals surface area contributed by atoms with Crippen LogP contribution in [-0.2, 0) is 0 Å². The van der Waals surface area contributed by atoms with E-state index in [-0.39, 0.29) is 11.1 Å². The summed E-state index contributed by atoms with van der Waals surface area (Å²) in [5.74, 6) is 0.0726. The molecule has 18 heavy (non-hydrogen) atoms. The molecule has 0 radical (unpaired) electrons. The molecule has 2 aromatic rings. The van der Waals surface area contributed by atoms with E-state index >= 15 is 0 Å². The molecule has 6 heteroatoms. The van der Waals surface area contributed by atoms with Gasteiger partial charge in [0.2, 0.25) is 0 Å². The average Bonchev–Trinajstić information content (AvgIpc) is 2.35. The van der Waals surface area contributed by atoms with Crippen molar-refractivity contribution in [3.63, 3.8) is 0 Å². The van der Waals surface area contributed by atoms with E-state index in [9.17, 15) is 4.79 Å². The molecular weight excluding hydrogens is 273 g/mol. The zero-order valence-electron chi connectivity index (χ0n) is 9.45. The van der Waals surface area contributed by atoms with Crippen LogP contribution in [-0.4, -0.2) is 16.1 Å². The Labute approximate surface area is 114 Å². The van der Waals surface area contributed by atoms with E-state index < -0.39 is 0 Å². The highest BCUT2D eigenvalue weighted by Crippen LogP contribution is 2.17. The van der Waals surface area contributed by atoms with Crippen LogP contribution in [0.1, 0.15) is 15.9 Å². The number of hydrogen-bond donors (Lipinski definition) is 1. The highest BCUT2D eigenvalue weighted by Gasteiger charge is 2.08. The quantitative estimate of drug-likeness (QED) is 0.919. The summed E-state index contributed by atoms with van der Waals surface area (Å²) in [6, 6.07) is 8.17. The lowest BCUT2D eigenvalue weighted by atomic mass is 10.1. The van der Waals surface area contributed by atoms with E-state index in [1.165, 1.54) is 0 Å². The van der Waals surface area contributed by atoms with Crippen LogP contribution in [0.5, 0.6) is 0 Å². The van der Waals surface area contributed by atoms with E-state index in [0.29, 0.717) is 16.4 Å². The summed E-state index contributed by atoms with van der Waals surface area (Å²) in [6.07, 6.45) is 0. The van der Waals surface area contributed by atoms with Gasteiger partial charge >= 0.3 is 0 Å². The summed E-state index contributed by atoms with van der Waals surface area (Å²) in [5, 5.41) is 10.9. The average molecular weight is 282 g/mol. The van der Waals surface area contributed by atoms with Crippen molar-refractivity contribution in [3.8, 4) is 0 Å². The number of nitrogens with one attached hydrogen (secondary N) is 1. The molecule has 2 rings (SSSR count). The van der Waals surface area contributed by atoms with Crippen LogP contribution in [0.4, 0.5) is 5.82 Å². The van der Waals surface area contributed by atoms with Gasteiger partial charge in [0.15, 0.2) is 11.0 Å². The van der Waals surface area contributed by atoms with Crippen LogP contribution in [0.25, 0.3) is 0 Å². The first kappa shape index (κ1) is 12.8. The Kier molecular flexibility index (Phi) is 3.79. The molecule has 0 fully saturated rings. The molecule has 0 spiro atoms. The normalized spacial score (nSPS) is 10.2. The maximum Gasteiger partial charge on any atom is 0.256 e. The Hall–Kier alpha value is -1.65. The Morgan fingerprint density at radius 3 is 2.56 bits per heavy atom. The first-order chi connectivity index (χ1) is 8.56. The van der Waals surface area contributed by atoms with Gasteiger partial charge in [0.05, 0.1) is 0 Å². The predicted octanol–water partition coefficient (Wildman–Crippen LogP) is 3.34. The third-order valence-electron chi connectivity index (χ3n) is 2.29. The minimum absolute atomic E-state index is 0.272. The third-order valence-corrected chi connectivity index (χ3v) is 2.92. The lowest BCUT2D eigenvalue weighted by Gasteiger charge is -2.05. The zero-order chi connectivity index (χ0) is 13.1. The van der Waals surface area contributed by atoms with Gasteiger partial charge in [0, 0.05) is 10.6 Å². The second kappa shape index (κ2) is 5.33. The van der Waals surface area contributed by atoms with Gasteiger partial charge in [-0.1, -0.05) is 23.2 Å². The number of benzene rings is 1. The number of carbonyl (C=O) groups is 1. The van der Waals surface area contributed by atoms with Gasteiger partial charge in [-0.3, -0.25) is 4.79 Å². The molecular formula is C12H9Cl2N3O. The molecule has 1 aromatic heterocycles. The van der Waals surface area contributed by atoms with Gasteiger partial charge in [-0.15, -0.1) is 10.2 Å². The fourth-order valence-electron chi connectivity index (χ4n) is 1.36. The molecule has 1 heterocycles. The summed E-state index contributed by atoms with van der Waals surface area (Å²) in [7, 11) is 0. The Morgan fingerprint density at radius 1 is 1.17 bits per heavy atom. The number of hydrogen-bond acceptors (Lipinski definition) is 3.